The van der Waals surface area contributed by atoms with Crippen LogP contribution in [-0.4, -0.2) is 14.7 Å². The Morgan fingerprint density at radius 1 is 1.53 bits per heavy atom. The van der Waals surface area contributed by atoms with Gasteiger partial charge in [-0.2, -0.15) is 0 Å². The van der Waals surface area contributed by atoms with Gasteiger partial charge in [0, 0.05) is 23.0 Å². The third kappa shape index (κ3) is 2.28. The zero-order valence-corrected chi connectivity index (χ0v) is 12.2. The molecule has 2 atom stereocenters. The highest BCUT2D eigenvalue weighted by atomic mass is 79.9. The molecule has 1 aromatic heterocycles. The number of nitrogens with zero attached hydrogens (tertiary/aromatic N) is 2. The first-order valence-electron chi connectivity index (χ1n) is 6.33. The van der Waals surface area contributed by atoms with Gasteiger partial charge in [0.1, 0.15) is 11.9 Å². The van der Waals surface area contributed by atoms with E-state index in [1.165, 1.54) is 0 Å². The van der Waals surface area contributed by atoms with Gasteiger partial charge in [0.2, 0.25) is 0 Å². The maximum atomic E-state index is 10.3. The second kappa shape index (κ2) is 4.98. The summed E-state index contributed by atoms with van der Waals surface area (Å²) in [7, 11) is 0. The molecule has 0 bridgehead atoms. The van der Waals surface area contributed by atoms with E-state index in [-0.39, 0.29) is 6.10 Å². The van der Waals surface area contributed by atoms with Crippen LogP contribution in [-0.2, 0) is 6.54 Å². The number of aryl methyl sites for hydroxylation is 1. The molecular formula is C14H15BrN2O2. The average molecular weight is 323 g/mol. The Morgan fingerprint density at radius 3 is 3.16 bits per heavy atom. The van der Waals surface area contributed by atoms with E-state index in [4.69, 9.17) is 4.74 Å². The minimum atomic E-state index is -0.498. The van der Waals surface area contributed by atoms with Crippen molar-refractivity contribution in [2.45, 2.75) is 32.1 Å². The number of imidazole rings is 1. The third-order valence-corrected chi connectivity index (χ3v) is 3.95. The van der Waals surface area contributed by atoms with Crippen molar-refractivity contribution in [2.75, 3.05) is 0 Å². The molecule has 2 heterocycles. The first-order valence-corrected chi connectivity index (χ1v) is 7.12. The van der Waals surface area contributed by atoms with Gasteiger partial charge in [-0.1, -0.05) is 22.0 Å². The Morgan fingerprint density at radius 2 is 2.37 bits per heavy atom. The van der Waals surface area contributed by atoms with E-state index in [1.807, 2.05) is 29.0 Å². The highest BCUT2D eigenvalue weighted by molar-refractivity contribution is 9.10. The van der Waals surface area contributed by atoms with Crippen LogP contribution in [0.5, 0.6) is 5.75 Å². The number of aliphatic hydroxyl groups is 1. The maximum absolute atomic E-state index is 10.3. The molecule has 100 valence electrons. The minimum absolute atomic E-state index is 0.153. The van der Waals surface area contributed by atoms with E-state index < -0.39 is 6.10 Å². The van der Waals surface area contributed by atoms with Crippen molar-refractivity contribution in [2.24, 2.45) is 0 Å². The normalized spacial score (nSPS) is 21.8. The van der Waals surface area contributed by atoms with Crippen LogP contribution < -0.4 is 4.74 Å². The molecule has 1 unspecified atom stereocenters. The van der Waals surface area contributed by atoms with Crippen LogP contribution in [0, 0.1) is 0 Å². The van der Waals surface area contributed by atoms with Crippen LogP contribution in [0.2, 0.25) is 0 Å². The molecule has 0 amide bonds. The lowest BCUT2D eigenvalue weighted by Gasteiger charge is -2.30. The fraction of sp³-hybridized carbons (Fsp3) is 0.357. The zero-order valence-electron chi connectivity index (χ0n) is 10.6. The standard InChI is InChI=1S/C14H15BrN2O2/c1-2-17-8-16-7-11(17)14-6-12(18)10-4-3-9(15)5-13(10)19-14/h3-5,7-8,12,14,18H,2,6H2,1H3/t12-,14?/m0/s1. The van der Waals surface area contributed by atoms with Gasteiger partial charge in [-0.25, -0.2) is 4.98 Å². The smallest absolute Gasteiger partial charge is 0.143 e. The predicted octanol–water partition coefficient (Wildman–Crippen LogP) is 3.22. The Labute approximate surface area is 120 Å². The molecule has 0 saturated carbocycles. The number of ether oxygens (including phenoxy) is 1. The van der Waals surface area contributed by atoms with Crippen molar-refractivity contribution in [3.05, 3.63) is 46.5 Å². The van der Waals surface area contributed by atoms with E-state index in [1.54, 1.807) is 6.33 Å². The van der Waals surface area contributed by atoms with Crippen molar-refractivity contribution >= 4 is 15.9 Å². The van der Waals surface area contributed by atoms with Crippen molar-refractivity contribution in [3.8, 4) is 5.75 Å². The summed E-state index contributed by atoms with van der Waals surface area (Å²) in [5, 5.41) is 10.3. The molecule has 5 heteroatoms. The topological polar surface area (TPSA) is 47.3 Å². The minimum Gasteiger partial charge on any atom is -0.484 e. The highest BCUT2D eigenvalue weighted by Crippen LogP contribution is 2.41. The molecule has 0 aliphatic carbocycles. The summed E-state index contributed by atoms with van der Waals surface area (Å²) in [6.07, 6.45) is 3.51. The van der Waals surface area contributed by atoms with E-state index in [0.717, 1.165) is 28.0 Å². The zero-order chi connectivity index (χ0) is 13.4. The summed E-state index contributed by atoms with van der Waals surface area (Å²) in [5.74, 6) is 0.738. The lowest BCUT2D eigenvalue weighted by Crippen LogP contribution is -2.21. The third-order valence-electron chi connectivity index (χ3n) is 3.46. The Balaban J connectivity index is 1.96. The Kier molecular flexibility index (Phi) is 3.33. The summed E-state index contributed by atoms with van der Waals surface area (Å²) >= 11 is 3.43. The van der Waals surface area contributed by atoms with Crippen LogP contribution in [0.15, 0.2) is 35.2 Å². The number of benzene rings is 1. The van der Waals surface area contributed by atoms with Gasteiger partial charge in [0.15, 0.2) is 0 Å². The quantitative estimate of drug-likeness (QED) is 0.923. The lowest BCUT2D eigenvalue weighted by molar-refractivity contribution is 0.0619. The summed E-state index contributed by atoms with van der Waals surface area (Å²) in [6.45, 7) is 2.91. The van der Waals surface area contributed by atoms with Gasteiger partial charge in [0.25, 0.3) is 0 Å². The van der Waals surface area contributed by atoms with Gasteiger partial charge >= 0.3 is 0 Å². The van der Waals surface area contributed by atoms with Crippen LogP contribution >= 0.6 is 15.9 Å². The molecule has 4 nitrogen and oxygen atoms in total. The van der Waals surface area contributed by atoms with E-state index in [9.17, 15) is 5.11 Å². The molecule has 0 fully saturated rings. The van der Waals surface area contributed by atoms with Gasteiger partial charge in [-0.3, -0.25) is 0 Å². The van der Waals surface area contributed by atoms with Crippen LogP contribution in [0.1, 0.15) is 36.8 Å². The number of hydrogen-bond acceptors (Lipinski definition) is 3. The number of rotatable bonds is 2. The van der Waals surface area contributed by atoms with Crippen molar-refractivity contribution in [1.82, 2.24) is 9.55 Å². The predicted molar refractivity (Wildman–Crippen MR) is 75.0 cm³/mol. The molecule has 1 aliphatic heterocycles. The molecule has 0 spiro atoms. The number of hydrogen-bond donors (Lipinski definition) is 1. The van der Waals surface area contributed by atoms with Crippen LogP contribution in [0.3, 0.4) is 0 Å². The van der Waals surface area contributed by atoms with Gasteiger partial charge in [-0.05, 0) is 19.1 Å². The molecule has 2 aromatic rings. The fourth-order valence-corrected chi connectivity index (χ4v) is 2.80. The van der Waals surface area contributed by atoms with Crippen LogP contribution in [0.4, 0.5) is 0 Å². The van der Waals surface area contributed by atoms with Crippen molar-refractivity contribution < 1.29 is 9.84 Å². The van der Waals surface area contributed by atoms with Crippen molar-refractivity contribution in [1.29, 1.82) is 0 Å². The highest BCUT2D eigenvalue weighted by Gasteiger charge is 2.29. The Hall–Kier alpha value is -1.33. The van der Waals surface area contributed by atoms with E-state index in [0.29, 0.717) is 6.42 Å². The largest absolute Gasteiger partial charge is 0.484 e. The molecule has 19 heavy (non-hydrogen) atoms. The molecule has 1 N–H and O–H groups in total. The van der Waals surface area contributed by atoms with E-state index >= 15 is 0 Å². The number of aromatic nitrogens is 2. The second-order valence-electron chi connectivity index (χ2n) is 4.64. The molecule has 0 saturated heterocycles. The van der Waals surface area contributed by atoms with Crippen molar-refractivity contribution in [3.63, 3.8) is 0 Å². The molecule has 3 rings (SSSR count). The SMILES string of the molecule is CCn1cncc1C1C[C@H](O)c2ccc(Br)cc2O1. The summed E-state index contributed by atoms with van der Waals surface area (Å²) in [5.41, 5.74) is 1.86. The summed E-state index contributed by atoms with van der Waals surface area (Å²) < 4.78 is 9.01. The number of aliphatic hydroxyl groups excluding tert-OH is 1. The monoisotopic (exact) mass is 322 g/mol. The fourth-order valence-electron chi connectivity index (χ4n) is 2.46. The van der Waals surface area contributed by atoms with Crippen LogP contribution in [0.25, 0.3) is 0 Å². The maximum Gasteiger partial charge on any atom is 0.143 e. The average Bonchev–Trinajstić information content (AvgIpc) is 2.86. The van der Waals surface area contributed by atoms with Gasteiger partial charge in [0.05, 0.1) is 24.3 Å². The summed E-state index contributed by atoms with van der Waals surface area (Å²) in [4.78, 5) is 4.16. The molecule has 0 radical (unpaired) electrons. The number of halogens is 1. The van der Waals surface area contributed by atoms with Gasteiger partial charge in [-0.15, -0.1) is 0 Å². The molecule has 1 aromatic carbocycles. The van der Waals surface area contributed by atoms with Gasteiger partial charge < -0.3 is 14.4 Å². The lowest BCUT2D eigenvalue weighted by atomic mass is 9.98. The first kappa shape index (κ1) is 12.7. The Bertz CT molecular complexity index is 597. The second-order valence-corrected chi connectivity index (χ2v) is 5.56. The van der Waals surface area contributed by atoms with E-state index in [2.05, 4.69) is 27.8 Å². The molecular weight excluding hydrogens is 308 g/mol. The first-order chi connectivity index (χ1) is 9.19. The molecule has 1 aliphatic rings. The number of fused-ring (bicyclic) bond motifs is 1. The summed E-state index contributed by atoms with van der Waals surface area (Å²) in [6, 6.07) is 5.72.